The summed E-state index contributed by atoms with van der Waals surface area (Å²) in [6.45, 7) is 2.71. The van der Waals surface area contributed by atoms with Crippen LogP contribution in [0.15, 0.2) is 24.3 Å². The van der Waals surface area contributed by atoms with E-state index in [4.69, 9.17) is 9.47 Å². The minimum absolute atomic E-state index is 0.221. The summed E-state index contributed by atoms with van der Waals surface area (Å²) < 4.78 is 11.5. The summed E-state index contributed by atoms with van der Waals surface area (Å²) in [6, 6.07) is 8.61. The summed E-state index contributed by atoms with van der Waals surface area (Å²) in [7, 11) is 3.86. The molecule has 1 saturated carbocycles. The van der Waals surface area contributed by atoms with Gasteiger partial charge in [-0.15, -0.1) is 0 Å². The molecule has 1 fully saturated rings. The van der Waals surface area contributed by atoms with Crippen molar-refractivity contribution in [2.75, 3.05) is 20.8 Å². The number of nitrogens with one attached hydrogen (secondary N) is 1. The Hall–Kier alpha value is -1.06. The lowest BCUT2D eigenvalue weighted by Crippen LogP contribution is -2.37. The van der Waals surface area contributed by atoms with Crippen LogP contribution in [0.2, 0.25) is 0 Å². The SMILES string of the molecule is CCOc1cccc(C(NC)C(OC)C2CCCCC2)c1. The molecule has 0 aliphatic heterocycles. The third-order valence-electron chi connectivity index (χ3n) is 4.55. The topological polar surface area (TPSA) is 30.5 Å². The molecule has 0 bridgehead atoms. The monoisotopic (exact) mass is 291 g/mol. The van der Waals surface area contributed by atoms with Crippen molar-refractivity contribution in [1.82, 2.24) is 5.32 Å². The average Bonchev–Trinajstić information content (AvgIpc) is 2.54. The molecule has 2 unspecified atom stereocenters. The average molecular weight is 291 g/mol. The molecule has 0 heterocycles. The summed E-state index contributed by atoms with van der Waals surface area (Å²) in [5.74, 6) is 1.59. The van der Waals surface area contributed by atoms with Crippen molar-refractivity contribution in [1.29, 1.82) is 0 Å². The van der Waals surface area contributed by atoms with Crippen LogP contribution in [-0.4, -0.2) is 26.9 Å². The maximum Gasteiger partial charge on any atom is 0.119 e. The highest BCUT2D eigenvalue weighted by Crippen LogP contribution is 2.34. The van der Waals surface area contributed by atoms with Gasteiger partial charge in [-0.3, -0.25) is 0 Å². The van der Waals surface area contributed by atoms with Gasteiger partial charge in [0.15, 0.2) is 0 Å². The van der Waals surface area contributed by atoms with Gasteiger partial charge >= 0.3 is 0 Å². The van der Waals surface area contributed by atoms with E-state index in [1.54, 1.807) is 0 Å². The summed E-state index contributed by atoms with van der Waals surface area (Å²) in [6.07, 6.45) is 6.83. The van der Waals surface area contributed by atoms with Gasteiger partial charge in [0, 0.05) is 7.11 Å². The van der Waals surface area contributed by atoms with Gasteiger partial charge in [0.2, 0.25) is 0 Å². The highest BCUT2D eigenvalue weighted by molar-refractivity contribution is 5.31. The minimum Gasteiger partial charge on any atom is -0.494 e. The van der Waals surface area contributed by atoms with E-state index in [2.05, 4.69) is 23.5 Å². The zero-order valence-electron chi connectivity index (χ0n) is 13.6. The van der Waals surface area contributed by atoms with Gasteiger partial charge in [-0.25, -0.2) is 0 Å². The number of benzene rings is 1. The number of methoxy groups -OCH3 is 1. The van der Waals surface area contributed by atoms with Crippen LogP contribution >= 0.6 is 0 Å². The first kappa shape index (κ1) is 16.3. The first-order chi connectivity index (χ1) is 10.3. The molecule has 3 heteroatoms. The maximum atomic E-state index is 5.89. The number of hydrogen-bond donors (Lipinski definition) is 1. The second-order valence-electron chi connectivity index (χ2n) is 5.87. The zero-order valence-corrected chi connectivity index (χ0v) is 13.6. The van der Waals surface area contributed by atoms with Gasteiger partial charge in [-0.05, 0) is 50.4 Å². The predicted molar refractivity (Wildman–Crippen MR) is 86.8 cm³/mol. The van der Waals surface area contributed by atoms with Gasteiger partial charge in [-0.1, -0.05) is 31.4 Å². The second kappa shape index (κ2) is 8.40. The highest BCUT2D eigenvalue weighted by Gasteiger charge is 2.30. The Morgan fingerprint density at radius 2 is 2.00 bits per heavy atom. The number of hydrogen-bond acceptors (Lipinski definition) is 3. The third kappa shape index (κ3) is 4.21. The summed E-state index contributed by atoms with van der Waals surface area (Å²) in [5, 5.41) is 3.46. The maximum absolute atomic E-state index is 5.89. The molecule has 0 aromatic heterocycles. The van der Waals surface area contributed by atoms with Crippen molar-refractivity contribution in [3.63, 3.8) is 0 Å². The molecular formula is C18H29NO2. The molecule has 3 nitrogen and oxygen atoms in total. The van der Waals surface area contributed by atoms with Crippen LogP contribution in [0.1, 0.15) is 50.6 Å². The van der Waals surface area contributed by atoms with E-state index in [-0.39, 0.29) is 12.1 Å². The van der Waals surface area contributed by atoms with Crippen LogP contribution in [0.3, 0.4) is 0 Å². The first-order valence-electron chi connectivity index (χ1n) is 8.23. The van der Waals surface area contributed by atoms with E-state index < -0.39 is 0 Å². The van der Waals surface area contributed by atoms with Crippen molar-refractivity contribution < 1.29 is 9.47 Å². The predicted octanol–water partition coefficient (Wildman–Crippen LogP) is 3.94. The molecule has 2 rings (SSSR count). The number of rotatable bonds is 7. The molecular weight excluding hydrogens is 262 g/mol. The van der Waals surface area contributed by atoms with E-state index in [0.29, 0.717) is 12.5 Å². The molecule has 0 radical (unpaired) electrons. The Morgan fingerprint density at radius 1 is 1.24 bits per heavy atom. The quantitative estimate of drug-likeness (QED) is 0.825. The van der Waals surface area contributed by atoms with Crippen LogP contribution < -0.4 is 10.1 Å². The van der Waals surface area contributed by atoms with Gasteiger partial charge in [-0.2, -0.15) is 0 Å². The number of ether oxygens (including phenoxy) is 2. The molecule has 1 aliphatic carbocycles. The fraction of sp³-hybridized carbons (Fsp3) is 0.667. The lowest BCUT2D eigenvalue weighted by molar-refractivity contribution is 0.00937. The third-order valence-corrected chi connectivity index (χ3v) is 4.55. The molecule has 1 aromatic carbocycles. The van der Waals surface area contributed by atoms with E-state index in [1.807, 2.05) is 27.1 Å². The van der Waals surface area contributed by atoms with E-state index >= 15 is 0 Å². The fourth-order valence-electron chi connectivity index (χ4n) is 3.55. The molecule has 21 heavy (non-hydrogen) atoms. The molecule has 0 amide bonds. The van der Waals surface area contributed by atoms with Gasteiger partial charge in [0.1, 0.15) is 5.75 Å². The van der Waals surface area contributed by atoms with Crippen molar-refractivity contribution in [2.24, 2.45) is 5.92 Å². The Bertz CT molecular complexity index is 415. The minimum atomic E-state index is 0.221. The zero-order chi connectivity index (χ0) is 15.1. The van der Waals surface area contributed by atoms with Crippen LogP contribution in [-0.2, 0) is 4.74 Å². The van der Waals surface area contributed by atoms with Crippen LogP contribution in [0.25, 0.3) is 0 Å². The molecule has 1 N–H and O–H groups in total. The lowest BCUT2D eigenvalue weighted by Gasteiger charge is -2.35. The van der Waals surface area contributed by atoms with Gasteiger partial charge in [0.25, 0.3) is 0 Å². The molecule has 1 aromatic rings. The Morgan fingerprint density at radius 3 is 2.62 bits per heavy atom. The Balaban J connectivity index is 2.17. The summed E-state index contributed by atoms with van der Waals surface area (Å²) in [5.41, 5.74) is 1.25. The van der Waals surface area contributed by atoms with Crippen LogP contribution in [0.4, 0.5) is 0 Å². The Kier molecular flexibility index (Phi) is 6.52. The molecule has 1 aliphatic rings. The number of likely N-dealkylation sites (N-methyl/N-ethyl adjacent to an activating group) is 1. The standard InChI is InChI=1S/C18H29NO2/c1-4-21-16-12-8-11-15(13-16)17(19-2)18(20-3)14-9-6-5-7-10-14/h8,11-14,17-19H,4-7,9-10H2,1-3H3. The van der Waals surface area contributed by atoms with E-state index in [1.165, 1.54) is 37.7 Å². The van der Waals surface area contributed by atoms with E-state index in [9.17, 15) is 0 Å². The van der Waals surface area contributed by atoms with Crippen molar-refractivity contribution in [3.05, 3.63) is 29.8 Å². The van der Waals surface area contributed by atoms with E-state index in [0.717, 1.165) is 5.75 Å². The van der Waals surface area contributed by atoms with Crippen LogP contribution in [0, 0.1) is 5.92 Å². The molecule has 2 atom stereocenters. The van der Waals surface area contributed by atoms with Crippen LogP contribution in [0.5, 0.6) is 5.75 Å². The van der Waals surface area contributed by atoms with Crippen molar-refractivity contribution in [2.45, 2.75) is 51.2 Å². The fourth-order valence-corrected chi connectivity index (χ4v) is 3.55. The molecule has 118 valence electrons. The largest absolute Gasteiger partial charge is 0.494 e. The van der Waals surface area contributed by atoms with Crippen molar-refractivity contribution in [3.8, 4) is 5.75 Å². The second-order valence-corrected chi connectivity index (χ2v) is 5.87. The summed E-state index contributed by atoms with van der Waals surface area (Å²) in [4.78, 5) is 0. The molecule has 0 saturated heterocycles. The first-order valence-corrected chi connectivity index (χ1v) is 8.23. The normalized spacial score (nSPS) is 19.2. The van der Waals surface area contributed by atoms with Crippen molar-refractivity contribution >= 4 is 0 Å². The van der Waals surface area contributed by atoms with Gasteiger partial charge < -0.3 is 14.8 Å². The Labute approximate surface area is 129 Å². The smallest absolute Gasteiger partial charge is 0.119 e. The highest BCUT2D eigenvalue weighted by atomic mass is 16.5. The lowest BCUT2D eigenvalue weighted by atomic mass is 9.81. The van der Waals surface area contributed by atoms with Gasteiger partial charge in [0.05, 0.1) is 18.8 Å². The summed E-state index contributed by atoms with van der Waals surface area (Å²) >= 11 is 0. The molecule has 0 spiro atoms.